The van der Waals surface area contributed by atoms with E-state index in [4.69, 9.17) is 0 Å². The smallest absolute Gasteiger partial charge is 0.150 e. The van der Waals surface area contributed by atoms with Crippen molar-refractivity contribution in [2.45, 2.75) is 13.3 Å². The molecule has 0 amide bonds. The average Bonchev–Trinajstić information content (AvgIpc) is 2.82. The van der Waals surface area contributed by atoms with Crippen LogP contribution in [-0.4, -0.2) is 31.5 Å². The maximum Gasteiger partial charge on any atom is 0.150 e. The van der Waals surface area contributed by atoms with Crippen LogP contribution in [0.3, 0.4) is 0 Å². The van der Waals surface area contributed by atoms with Crippen LogP contribution in [0.4, 0.5) is 5.69 Å². The number of sulfone groups is 1. The van der Waals surface area contributed by atoms with Crippen molar-refractivity contribution in [1.82, 2.24) is 4.98 Å². The van der Waals surface area contributed by atoms with Gasteiger partial charge in [0.15, 0.2) is 0 Å². The Morgan fingerprint density at radius 3 is 3.00 bits per heavy atom. The van der Waals surface area contributed by atoms with E-state index in [-0.39, 0.29) is 11.5 Å². The van der Waals surface area contributed by atoms with Crippen molar-refractivity contribution in [2.24, 2.45) is 0 Å². The summed E-state index contributed by atoms with van der Waals surface area (Å²) < 4.78 is 23.8. The molecule has 1 N–H and O–H groups in total. The summed E-state index contributed by atoms with van der Waals surface area (Å²) in [6.07, 6.45) is 0.636. The third-order valence-electron chi connectivity index (χ3n) is 2.73. The van der Waals surface area contributed by atoms with Crippen LogP contribution in [0.2, 0.25) is 0 Å². The molecule has 0 radical (unpaired) electrons. The van der Waals surface area contributed by atoms with Crippen LogP contribution in [0, 0.1) is 0 Å². The van der Waals surface area contributed by atoms with Crippen LogP contribution < -0.4 is 5.32 Å². The van der Waals surface area contributed by atoms with Gasteiger partial charge < -0.3 is 5.32 Å². The number of nitrogens with one attached hydrogen (secondary N) is 1. The third kappa shape index (κ3) is 3.43. The lowest BCUT2D eigenvalue weighted by atomic mass is 10.3. The quantitative estimate of drug-likeness (QED) is 0.828. The average molecular weight is 284 g/mol. The molecule has 6 heteroatoms. The van der Waals surface area contributed by atoms with E-state index < -0.39 is 9.84 Å². The van der Waals surface area contributed by atoms with Gasteiger partial charge in [-0.2, -0.15) is 0 Å². The molecule has 1 heterocycles. The van der Waals surface area contributed by atoms with Crippen LogP contribution >= 0.6 is 11.3 Å². The van der Waals surface area contributed by atoms with Crippen molar-refractivity contribution < 1.29 is 8.42 Å². The minimum Gasteiger partial charge on any atom is -0.385 e. The maximum absolute atomic E-state index is 11.3. The summed E-state index contributed by atoms with van der Waals surface area (Å²) in [4.78, 5) is 4.21. The molecular weight excluding hydrogens is 268 g/mol. The van der Waals surface area contributed by atoms with E-state index in [9.17, 15) is 8.42 Å². The number of hydrogen-bond donors (Lipinski definition) is 1. The number of anilines is 1. The minimum absolute atomic E-state index is 0.222. The first-order valence-corrected chi connectivity index (χ1v) is 8.58. The van der Waals surface area contributed by atoms with E-state index in [0.29, 0.717) is 13.0 Å². The van der Waals surface area contributed by atoms with Gasteiger partial charge in [-0.3, -0.25) is 0 Å². The molecular formula is C12H16N2O2S2. The molecule has 0 aliphatic carbocycles. The Hall–Kier alpha value is -1.14. The predicted molar refractivity (Wildman–Crippen MR) is 77.1 cm³/mol. The molecule has 0 spiro atoms. The minimum atomic E-state index is -2.85. The molecule has 0 unspecified atom stereocenters. The van der Waals surface area contributed by atoms with E-state index in [2.05, 4.69) is 10.3 Å². The van der Waals surface area contributed by atoms with Crippen LogP contribution in [0.25, 0.3) is 10.2 Å². The second kappa shape index (κ2) is 5.67. The molecule has 4 nitrogen and oxygen atoms in total. The van der Waals surface area contributed by atoms with E-state index in [1.165, 1.54) is 0 Å². The zero-order valence-electron chi connectivity index (χ0n) is 10.2. The predicted octanol–water partition coefficient (Wildman–Crippen LogP) is 2.53. The van der Waals surface area contributed by atoms with Gasteiger partial charge in [0.1, 0.15) is 9.84 Å². The first-order valence-electron chi connectivity index (χ1n) is 5.88. The van der Waals surface area contributed by atoms with Crippen LogP contribution in [-0.2, 0) is 9.84 Å². The number of thiazole rings is 1. The Labute approximate surface area is 111 Å². The number of fused-ring (bicyclic) bond motifs is 1. The second-order valence-electron chi connectivity index (χ2n) is 4.05. The largest absolute Gasteiger partial charge is 0.385 e. The Kier molecular flexibility index (Phi) is 4.19. The molecule has 18 heavy (non-hydrogen) atoms. The fourth-order valence-corrected chi connectivity index (χ4v) is 3.22. The number of rotatable bonds is 6. The molecule has 0 aliphatic heterocycles. The number of hydrogen-bond acceptors (Lipinski definition) is 5. The molecule has 2 rings (SSSR count). The van der Waals surface area contributed by atoms with E-state index in [1.807, 2.05) is 23.7 Å². The summed E-state index contributed by atoms with van der Waals surface area (Å²) in [5.41, 5.74) is 3.84. The topological polar surface area (TPSA) is 59.1 Å². The number of aromatic nitrogens is 1. The molecule has 0 saturated heterocycles. The van der Waals surface area contributed by atoms with Crippen molar-refractivity contribution in [3.8, 4) is 0 Å². The van der Waals surface area contributed by atoms with Crippen molar-refractivity contribution in [3.63, 3.8) is 0 Å². The lowest BCUT2D eigenvalue weighted by molar-refractivity contribution is 0.595. The van der Waals surface area contributed by atoms with Gasteiger partial charge in [-0.15, -0.1) is 11.3 Å². The maximum atomic E-state index is 11.3. The highest BCUT2D eigenvalue weighted by Crippen LogP contribution is 2.21. The van der Waals surface area contributed by atoms with Gasteiger partial charge in [0.2, 0.25) is 0 Å². The van der Waals surface area contributed by atoms with Gasteiger partial charge in [-0.1, -0.05) is 6.92 Å². The van der Waals surface area contributed by atoms with Gasteiger partial charge in [0.25, 0.3) is 0 Å². The first-order chi connectivity index (χ1) is 8.61. The molecule has 0 fully saturated rings. The van der Waals surface area contributed by atoms with Crippen molar-refractivity contribution >= 4 is 37.1 Å². The molecule has 0 bridgehead atoms. The van der Waals surface area contributed by atoms with Crippen molar-refractivity contribution in [3.05, 3.63) is 23.7 Å². The molecule has 1 aromatic heterocycles. The zero-order chi connectivity index (χ0) is 13.0. The third-order valence-corrected chi connectivity index (χ3v) is 5.31. The Balaban J connectivity index is 1.86. The Morgan fingerprint density at radius 1 is 1.39 bits per heavy atom. The van der Waals surface area contributed by atoms with Gasteiger partial charge in [-0.05, 0) is 24.6 Å². The van der Waals surface area contributed by atoms with Crippen LogP contribution in [0.1, 0.15) is 13.3 Å². The Morgan fingerprint density at radius 2 is 2.22 bits per heavy atom. The molecule has 2 aromatic rings. The second-order valence-corrected chi connectivity index (χ2v) is 7.41. The standard InChI is InChI=1S/C12H16N2O2S2/c1-2-18(15,16)7-3-6-13-10-4-5-11-12(8-10)17-9-14-11/h4-5,8-9,13H,2-3,6-7H2,1H3. The summed E-state index contributed by atoms with van der Waals surface area (Å²) in [5, 5.41) is 3.24. The Bertz CT molecular complexity index is 620. The SMILES string of the molecule is CCS(=O)(=O)CCCNc1ccc2ncsc2c1. The van der Waals surface area contributed by atoms with Gasteiger partial charge in [0.05, 0.1) is 21.5 Å². The van der Waals surface area contributed by atoms with E-state index >= 15 is 0 Å². The summed E-state index contributed by atoms with van der Waals surface area (Å²) >= 11 is 1.60. The lowest BCUT2D eigenvalue weighted by Gasteiger charge is -2.06. The summed E-state index contributed by atoms with van der Waals surface area (Å²) in [7, 11) is -2.85. The molecule has 0 aliphatic rings. The zero-order valence-corrected chi connectivity index (χ0v) is 11.9. The fourth-order valence-electron chi connectivity index (χ4n) is 1.63. The van der Waals surface area contributed by atoms with E-state index in [0.717, 1.165) is 15.9 Å². The lowest BCUT2D eigenvalue weighted by Crippen LogP contribution is -2.12. The van der Waals surface area contributed by atoms with Gasteiger partial charge in [-0.25, -0.2) is 13.4 Å². The molecule has 0 saturated carbocycles. The summed E-state index contributed by atoms with van der Waals surface area (Å²) in [5.74, 6) is 0.471. The highest BCUT2D eigenvalue weighted by Gasteiger charge is 2.06. The highest BCUT2D eigenvalue weighted by molar-refractivity contribution is 7.91. The van der Waals surface area contributed by atoms with Gasteiger partial charge >= 0.3 is 0 Å². The molecule has 0 atom stereocenters. The molecule has 98 valence electrons. The van der Waals surface area contributed by atoms with Crippen LogP contribution in [0.15, 0.2) is 23.7 Å². The van der Waals surface area contributed by atoms with E-state index in [1.54, 1.807) is 18.3 Å². The number of nitrogens with zero attached hydrogens (tertiary/aromatic N) is 1. The van der Waals surface area contributed by atoms with Crippen molar-refractivity contribution in [2.75, 3.05) is 23.4 Å². The van der Waals surface area contributed by atoms with Gasteiger partial charge in [0, 0.05) is 18.0 Å². The van der Waals surface area contributed by atoms with Crippen molar-refractivity contribution in [1.29, 1.82) is 0 Å². The van der Waals surface area contributed by atoms with Crippen LogP contribution in [0.5, 0.6) is 0 Å². The first kappa shape index (κ1) is 13.3. The summed E-state index contributed by atoms with van der Waals surface area (Å²) in [6, 6.07) is 5.98. The monoisotopic (exact) mass is 284 g/mol. The highest BCUT2D eigenvalue weighted by atomic mass is 32.2. The number of benzene rings is 1. The fraction of sp³-hybridized carbons (Fsp3) is 0.417. The molecule has 1 aromatic carbocycles. The normalized spacial score (nSPS) is 11.8. The summed E-state index contributed by atoms with van der Waals surface area (Å²) in [6.45, 7) is 2.35.